The number of non-ortho nitro benzene ring substituents is 1. The van der Waals surface area contributed by atoms with Crippen LogP contribution in [-0.4, -0.2) is 24.2 Å². The molecular weight excluding hydrogens is 482 g/mol. The van der Waals surface area contributed by atoms with E-state index in [1.54, 1.807) is 36.7 Å². The van der Waals surface area contributed by atoms with Gasteiger partial charge in [-0.25, -0.2) is 4.99 Å². The van der Waals surface area contributed by atoms with Gasteiger partial charge in [0.25, 0.3) is 11.6 Å². The van der Waals surface area contributed by atoms with Gasteiger partial charge in [0.2, 0.25) is 0 Å². The Hall–Kier alpha value is -4.18. The third kappa shape index (κ3) is 4.80. The highest BCUT2D eigenvalue weighted by atomic mass is 32.1. The fraction of sp³-hybridized carbons (Fsp3) is 0.231. The molecule has 0 saturated carbocycles. The molecule has 0 spiro atoms. The first-order valence-corrected chi connectivity index (χ1v) is 12.3. The van der Waals surface area contributed by atoms with Crippen molar-refractivity contribution in [3.63, 3.8) is 0 Å². The summed E-state index contributed by atoms with van der Waals surface area (Å²) in [5.41, 5.74) is 2.21. The van der Waals surface area contributed by atoms with Crippen molar-refractivity contribution in [3.05, 3.63) is 86.4 Å². The molecular formula is C26H23N3O6S. The van der Waals surface area contributed by atoms with Crippen molar-refractivity contribution in [2.45, 2.75) is 32.2 Å². The topological polar surface area (TPSA) is 120 Å². The zero-order valence-corrected chi connectivity index (χ0v) is 20.3. The third-order valence-electron chi connectivity index (χ3n) is 5.98. The standard InChI is InChI=1S/C26H23N3O6S/c1-33-22-13-16(29(31)32)8-10-19(22)21-11-9-18(35-21)15-28-26-24(20-6-2-3-7-23(20)36-26)25(30)27-14-17-5-4-12-34-17/h4-5,8-13,15H,2-3,6-7,14H2,1H3,(H,27,30). The number of nitro benzene ring substituents is 1. The molecule has 1 aromatic carbocycles. The van der Waals surface area contributed by atoms with Crippen molar-refractivity contribution in [2.24, 2.45) is 4.99 Å². The summed E-state index contributed by atoms with van der Waals surface area (Å²) in [6.07, 6.45) is 7.11. The summed E-state index contributed by atoms with van der Waals surface area (Å²) in [5, 5.41) is 14.7. The lowest BCUT2D eigenvalue weighted by Gasteiger charge is -2.12. The Labute approximate surface area is 210 Å². The average molecular weight is 506 g/mol. The van der Waals surface area contributed by atoms with Gasteiger partial charge in [0.05, 0.1) is 48.2 Å². The number of hydrogen-bond donors (Lipinski definition) is 1. The zero-order chi connectivity index (χ0) is 25.1. The molecule has 1 N–H and O–H groups in total. The Morgan fingerprint density at radius 1 is 1.25 bits per heavy atom. The second kappa shape index (κ2) is 10.2. The van der Waals surface area contributed by atoms with Crippen LogP contribution < -0.4 is 10.1 Å². The van der Waals surface area contributed by atoms with Crippen LogP contribution >= 0.6 is 11.3 Å². The maximum absolute atomic E-state index is 13.1. The number of benzene rings is 1. The third-order valence-corrected chi connectivity index (χ3v) is 7.18. The van der Waals surface area contributed by atoms with E-state index in [2.05, 4.69) is 10.3 Å². The van der Waals surface area contributed by atoms with Gasteiger partial charge in [-0.3, -0.25) is 14.9 Å². The summed E-state index contributed by atoms with van der Waals surface area (Å²) < 4.78 is 16.6. The van der Waals surface area contributed by atoms with E-state index < -0.39 is 4.92 Å². The van der Waals surface area contributed by atoms with E-state index in [1.165, 1.54) is 35.5 Å². The fourth-order valence-corrected chi connectivity index (χ4v) is 5.46. The van der Waals surface area contributed by atoms with Crippen LogP contribution in [0.5, 0.6) is 5.75 Å². The van der Waals surface area contributed by atoms with Crippen LogP contribution in [-0.2, 0) is 19.4 Å². The molecule has 0 atom stereocenters. The van der Waals surface area contributed by atoms with Gasteiger partial charge in [-0.05, 0) is 61.6 Å². The smallest absolute Gasteiger partial charge is 0.273 e. The Kier molecular flexibility index (Phi) is 6.68. The van der Waals surface area contributed by atoms with Crippen LogP contribution in [0.4, 0.5) is 10.7 Å². The molecule has 10 heteroatoms. The van der Waals surface area contributed by atoms with Crippen LogP contribution in [0.3, 0.4) is 0 Å². The van der Waals surface area contributed by atoms with E-state index in [9.17, 15) is 14.9 Å². The van der Waals surface area contributed by atoms with Crippen LogP contribution in [0, 0.1) is 10.1 Å². The van der Waals surface area contributed by atoms with Crippen molar-refractivity contribution in [2.75, 3.05) is 7.11 Å². The number of furan rings is 2. The first kappa shape index (κ1) is 23.6. The molecule has 0 unspecified atom stereocenters. The minimum Gasteiger partial charge on any atom is -0.496 e. The van der Waals surface area contributed by atoms with Gasteiger partial charge in [0.1, 0.15) is 28.0 Å². The molecule has 0 aliphatic heterocycles. The van der Waals surface area contributed by atoms with Crippen molar-refractivity contribution in [1.82, 2.24) is 5.32 Å². The summed E-state index contributed by atoms with van der Waals surface area (Å²) in [6, 6.07) is 11.5. The quantitative estimate of drug-likeness (QED) is 0.176. The lowest BCUT2D eigenvalue weighted by atomic mass is 9.95. The lowest BCUT2D eigenvalue weighted by molar-refractivity contribution is -0.384. The molecule has 5 rings (SSSR count). The number of nitro groups is 1. The highest BCUT2D eigenvalue weighted by Crippen LogP contribution is 2.40. The molecule has 184 valence electrons. The van der Waals surface area contributed by atoms with Gasteiger partial charge in [-0.1, -0.05) is 0 Å². The van der Waals surface area contributed by atoms with E-state index in [-0.39, 0.29) is 11.6 Å². The molecule has 1 aliphatic carbocycles. The number of rotatable bonds is 8. The fourth-order valence-electron chi connectivity index (χ4n) is 4.23. The van der Waals surface area contributed by atoms with Gasteiger partial charge in [0, 0.05) is 10.9 Å². The number of amides is 1. The Morgan fingerprint density at radius 3 is 2.89 bits per heavy atom. The summed E-state index contributed by atoms with van der Waals surface area (Å²) in [5.74, 6) is 1.82. The zero-order valence-electron chi connectivity index (χ0n) is 19.5. The predicted molar refractivity (Wildman–Crippen MR) is 135 cm³/mol. The molecule has 36 heavy (non-hydrogen) atoms. The van der Waals surface area contributed by atoms with Gasteiger partial charge >= 0.3 is 0 Å². The van der Waals surface area contributed by atoms with Crippen molar-refractivity contribution in [3.8, 4) is 17.1 Å². The predicted octanol–water partition coefficient (Wildman–Crippen LogP) is 6.08. The van der Waals surface area contributed by atoms with Crippen molar-refractivity contribution >= 4 is 34.1 Å². The maximum atomic E-state index is 13.1. The molecule has 3 aromatic heterocycles. The number of fused-ring (bicyclic) bond motifs is 1. The summed E-state index contributed by atoms with van der Waals surface area (Å²) in [4.78, 5) is 29.6. The number of carbonyl (C=O) groups excluding carboxylic acids is 1. The van der Waals surface area contributed by atoms with Crippen LogP contribution in [0.15, 0.2) is 62.6 Å². The molecule has 4 aromatic rings. The minimum atomic E-state index is -0.477. The molecule has 0 bridgehead atoms. The number of nitrogens with one attached hydrogen (secondary N) is 1. The Bertz CT molecular complexity index is 1430. The van der Waals surface area contributed by atoms with E-state index in [0.29, 0.717) is 45.7 Å². The summed E-state index contributed by atoms with van der Waals surface area (Å²) >= 11 is 1.54. The highest BCUT2D eigenvalue weighted by Gasteiger charge is 2.25. The van der Waals surface area contributed by atoms with Crippen LogP contribution in [0.25, 0.3) is 11.3 Å². The Balaban J connectivity index is 1.40. The largest absolute Gasteiger partial charge is 0.496 e. The lowest BCUT2D eigenvalue weighted by Crippen LogP contribution is -2.23. The van der Waals surface area contributed by atoms with Crippen molar-refractivity contribution < 1.29 is 23.3 Å². The first-order chi connectivity index (χ1) is 17.5. The molecule has 1 amide bonds. The van der Waals surface area contributed by atoms with E-state index >= 15 is 0 Å². The monoisotopic (exact) mass is 505 g/mol. The second-order valence-electron chi connectivity index (χ2n) is 8.26. The number of ether oxygens (including phenoxy) is 1. The number of hydrogen-bond acceptors (Lipinski definition) is 8. The van der Waals surface area contributed by atoms with E-state index in [4.69, 9.17) is 13.6 Å². The molecule has 3 heterocycles. The van der Waals surface area contributed by atoms with E-state index in [1.807, 2.05) is 6.07 Å². The minimum absolute atomic E-state index is 0.0662. The maximum Gasteiger partial charge on any atom is 0.273 e. The second-order valence-corrected chi connectivity index (χ2v) is 9.34. The molecule has 1 aliphatic rings. The van der Waals surface area contributed by atoms with Gasteiger partial charge < -0.3 is 18.9 Å². The number of aryl methyl sites for hydroxylation is 1. The van der Waals surface area contributed by atoms with Crippen molar-refractivity contribution in [1.29, 1.82) is 0 Å². The average Bonchev–Trinajstić information content (AvgIpc) is 3.65. The number of thiophene rings is 1. The normalized spacial score (nSPS) is 13.0. The number of carbonyl (C=O) groups is 1. The molecule has 0 radical (unpaired) electrons. The number of nitrogens with zero attached hydrogens (tertiary/aromatic N) is 2. The van der Waals surface area contributed by atoms with E-state index in [0.717, 1.165) is 31.2 Å². The van der Waals surface area contributed by atoms with Gasteiger partial charge in [0.15, 0.2) is 0 Å². The van der Waals surface area contributed by atoms with Gasteiger partial charge in [-0.15, -0.1) is 11.3 Å². The number of methoxy groups -OCH3 is 1. The molecule has 9 nitrogen and oxygen atoms in total. The first-order valence-electron chi connectivity index (χ1n) is 11.5. The van der Waals surface area contributed by atoms with Gasteiger partial charge in [-0.2, -0.15) is 0 Å². The highest BCUT2D eigenvalue weighted by molar-refractivity contribution is 7.16. The van der Waals surface area contributed by atoms with Crippen LogP contribution in [0.1, 0.15) is 45.2 Å². The molecule has 0 saturated heterocycles. The van der Waals surface area contributed by atoms with Crippen LogP contribution in [0.2, 0.25) is 0 Å². The molecule has 0 fully saturated rings. The SMILES string of the molecule is COc1cc([N+](=O)[O-])ccc1-c1ccc(C=Nc2sc3c(c2C(=O)NCc2ccco2)CCCC3)o1. The summed E-state index contributed by atoms with van der Waals surface area (Å²) in [7, 11) is 1.45. The summed E-state index contributed by atoms with van der Waals surface area (Å²) in [6.45, 7) is 0.304. The Morgan fingerprint density at radius 2 is 2.11 bits per heavy atom. The number of aliphatic imine (C=N–C) groups is 1.